The number of aromatic carboxylic acids is 1. The first kappa shape index (κ1) is 14.1. The van der Waals surface area contributed by atoms with Crippen molar-refractivity contribution in [3.05, 3.63) is 52.3 Å². The Morgan fingerprint density at radius 1 is 1.25 bits per heavy atom. The van der Waals surface area contributed by atoms with Crippen molar-refractivity contribution >= 4 is 34.6 Å². The van der Waals surface area contributed by atoms with E-state index in [2.05, 4.69) is 5.32 Å². The standard InChI is InChI=1S/C14H12ClFN2O2/c1-7-2-10(6-12(13(7)17)14(19)20)18-11-4-8(15)3-9(16)5-11/h2-6,18H,17H2,1H3,(H,19,20). The van der Waals surface area contributed by atoms with Crippen molar-refractivity contribution in [1.82, 2.24) is 0 Å². The third-order valence-corrected chi connectivity index (χ3v) is 2.99. The topological polar surface area (TPSA) is 75.3 Å². The molecule has 4 nitrogen and oxygen atoms in total. The van der Waals surface area contributed by atoms with Gasteiger partial charge in [-0.3, -0.25) is 0 Å². The van der Waals surface area contributed by atoms with Crippen LogP contribution in [0.15, 0.2) is 30.3 Å². The number of anilines is 3. The van der Waals surface area contributed by atoms with Crippen molar-refractivity contribution in [2.24, 2.45) is 0 Å². The van der Waals surface area contributed by atoms with E-state index in [0.717, 1.165) is 0 Å². The zero-order valence-corrected chi connectivity index (χ0v) is 11.3. The molecule has 0 unspecified atom stereocenters. The van der Waals surface area contributed by atoms with Crippen molar-refractivity contribution in [3.63, 3.8) is 0 Å². The van der Waals surface area contributed by atoms with Crippen LogP contribution in [-0.2, 0) is 0 Å². The van der Waals surface area contributed by atoms with Gasteiger partial charge in [0.15, 0.2) is 0 Å². The number of rotatable bonds is 3. The molecule has 20 heavy (non-hydrogen) atoms. The van der Waals surface area contributed by atoms with Crippen LogP contribution in [0, 0.1) is 12.7 Å². The number of carboxylic acids is 1. The molecule has 0 fully saturated rings. The van der Waals surface area contributed by atoms with Crippen molar-refractivity contribution in [3.8, 4) is 0 Å². The molecule has 0 radical (unpaired) electrons. The Balaban J connectivity index is 2.41. The number of hydrogen-bond donors (Lipinski definition) is 3. The fourth-order valence-corrected chi connectivity index (χ4v) is 2.06. The summed E-state index contributed by atoms with van der Waals surface area (Å²) in [7, 11) is 0. The minimum atomic E-state index is -1.12. The first-order valence-electron chi connectivity index (χ1n) is 5.73. The number of hydrogen-bond acceptors (Lipinski definition) is 3. The van der Waals surface area contributed by atoms with E-state index in [9.17, 15) is 9.18 Å². The number of halogens is 2. The number of carboxylic acid groups (broad SMARTS) is 1. The van der Waals surface area contributed by atoms with Gasteiger partial charge < -0.3 is 16.2 Å². The van der Waals surface area contributed by atoms with Gasteiger partial charge in [-0.1, -0.05) is 11.6 Å². The number of nitrogen functional groups attached to an aromatic ring is 1. The van der Waals surface area contributed by atoms with Crippen molar-refractivity contribution < 1.29 is 14.3 Å². The molecular weight excluding hydrogens is 283 g/mol. The number of benzene rings is 2. The zero-order chi connectivity index (χ0) is 14.9. The largest absolute Gasteiger partial charge is 0.478 e. The van der Waals surface area contributed by atoms with E-state index in [1.165, 1.54) is 24.3 Å². The second kappa shape index (κ2) is 5.38. The lowest BCUT2D eigenvalue weighted by Gasteiger charge is -2.11. The molecule has 0 heterocycles. The van der Waals surface area contributed by atoms with Gasteiger partial charge in [-0.05, 0) is 42.8 Å². The summed E-state index contributed by atoms with van der Waals surface area (Å²) >= 11 is 5.76. The zero-order valence-electron chi connectivity index (χ0n) is 10.6. The Kier molecular flexibility index (Phi) is 3.81. The van der Waals surface area contributed by atoms with Crippen LogP contribution in [0.25, 0.3) is 0 Å². The summed E-state index contributed by atoms with van der Waals surface area (Å²) in [5.41, 5.74) is 7.45. The van der Waals surface area contributed by atoms with Crippen LogP contribution in [-0.4, -0.2) is 11.1 Å². The molecule has 6 heteroatoms. The SMILES string of the molecule is Cc1cc(Nc2cc(F)cc(Cl)c2)cc(C(=O)O)c1N. The molecule has 104 valence electrons. The van der Waals surface area contributed by atoms with E-state index in [1.54, 1.807) is 13.0 Å². The second-order valence-electron chi connectivity index (χ2n) is 4.34. The maximum Gasteiger partial charge on any atom is 0.337 e. The molecule has 0 saturated heterocycles. The smallest absolute Gasteiger partial charge is 0.337 e. The normalized spacial score (nSPS) is 10.3. The van der Waals surface area contributed by atoms with Gasteiger partial charge in [0, 0.05) is 22.1 Å². The van der Waals surface area contributed by atoms with Crippen LogP contribution >= 0.6 is 11.6 Å². The van der Waals surface area contributed by atoms with Gasteiger partial charge in [-0.15, -0.1) is 0 Å². The number of aryl methyl sites for hydroxylation is 1. The Hall–Kier alpha value is -2.27. The highest BCUT2D eigenvalue weighted by atomic mass is 35.5. The first-order chi connectivity index (χ1) is 9.36. The molecule has 2 aromatic rings. The van der Waals surface area contributed by atoms with Gasteiger partial charge in [0.1, 0.15) is 5.82 Å². The number of nitrogens with two attached hydrogens (primary N) is 1. The molecule has 4 N–H and O–H groups in total. The average molecular weight is 295 g/mol. The molecule has 0 amide bonds. The van der Waals surface area contributed by atoms with Gasteiger partial charge >= 0.3 is 5.97 Å². The molecule has 0 aromatic heterocycles. The lowest BCUT2D eigenvalue weighted by molar-refractivity contribution is 0.0698. The third kappa shape index (κ3) is 3.00. The molecule has 0 aliphatic rings. The highest BCUT2D eigenvalue weighted by Gasteiger charge is 2.12. The molecule has 0 aliphatic heterocycles. The van der Waals surface area contributed by atoms with Gasteiger partial charge in [0.25, 0.3) is 0 Å². The van der Waals surface area contributed by atoms with Crippen LogP contribution in [0.4, 0.5) is 21.5 Å². The van der Waals surface area contributed by atoms with Gasteiger partial charge in [-0.25, -0.2) is 9.18 Å². The van der Waals surface area contributed by atoms with E-state index in [4.69, 9.17) is 22.4 Å². The van der Waals surface area contributed by atoms with Crippen molar-refractivity contribution in [2.75, 3.05) is 11.1 Å². The molecule has 0 atom stereocenters. The predicted octanol–water partition coefficient (Wildman–Crippen LogP) is 3.81. The van der Waals surface area contributed by atoms with Crippen LogP contribution in [0.5, 0.6) is 0 Å². The lowest BCUT2D eigenvalue weighted by atomic mass is 10.1. The Labute approximate surface area is 120 Å². The molecule has 0 aliphatic carbocycles. The van der Waals surface area contributed by atoms with E-state index in [1.807, 2.05) is 0 Å². The lowest BCUT2D eigenvalue weighted by Crippen LogP contribution is -2.05. The number of carbonyl (C=O) groups is 1. The summed E-state index contributed by atoms with van der Waals surface area (Å²) in [6.45, 7) is 1.70. The molecule has 2 rings (SSSR count). The van der Waals surface area contributed by atoms with Crippen molar-refractivity contribution in [1.29, 1.82) is 0 Å². The molecule has 0 spiro atoms. The van der Waals surface area contributed by atoms with Crippen LogP contribution in [0.2, 0.25) is 5.02 Å². The molecule has 0 bridgehead atoms. The Morgan fingerprint density at radius 2 is 1.90 bits per heavy atom. The Morgan fingerprint density at radius 3 is 2.50 bits per heavy atom. The van der Waals surface area contributed by atoms with Gasteiger partial charge in [0.2, 0.25) is 0 Å². The fourth-order valence-electron chi connectivity index (χ4n) is 1.84. The molecule has 2 aromatic carbocycles. The van der Waals surface area contributed by atoms with E-state index < -0.39 is 11.8 Å². The fraction of sp³-hybridized carbons (Fsp3) is 0.0714. The van der Waals surface area contributed by atoms with E-state index in [0.29, 0.717) is 16.9 Å². The monoisotopic (exact) mass is 294 g/mol. The average Bonchev–Trinajstić information content (AvgIpc) is 2.31. The minimum absolute atomic E-state index is 0.00463. The summed E-state index contributed by atoms with van der Waals surface area (Å²) < 4.78 is 13.2. The van der Waals surface area contributed by atoms with E-state index >= 15 is 0 Å². The van der Waals surface area contributed by atoms with Gasteiger partial charge in [-0.2, -0.15) is 0 Å². The van der Waals surface area contributed by atoms with Crippen LogP contribution in [0.3, 0.4) is 0 Å². The predicted molar refractivity (Wildman–Crippen MR) is 77.2 cm³/mol. The van der Waals surface area contributed by atoms with Crippen molar-refractivity contribution in [2.45, 2.75) is 6.92 Å². The maximum absolute atomic E-state index is 13.2. The summed E-state index contributed by atoms with van der Waals surface area (Å²) in [6, 6.07) is 7.06. The molecular formula is C14H12ClFN2O2. The molecule has 0 saturated carbocycles. The quantitative estimate of drug-likeness (QED) is 0.752. The maximum atomic E-state index is 13.2. The highest BCUT2D eigenvalue weighted by Crippen LogP contribution is 2.27. The summed E-state index contributed by atoms with van der Waals surface area (Å²) in [5.74, 6) is -1.60. The third-order valence-electron chi connectivity index (χ3n) is 2.77. The highest BCUT2D eigenvalue weighted by molar-refractivity contribution is 6.30. The summed E-state index contributed by atoms with van der Waals surface area (Å²) in [6.07, 6.45) is 0. The van der Waals surface area contributed by atoms with E-state index in [-0.39, 0.29) is 16.3 Å². The summed E-state index contributed by atoms with van der Waals surface area (Å²) in [5, 5.41) is 12.2. The Bertz CT molecular complexity index is 669. The second-order valence-corrected chi connectivity index (χ2v) is 4.78. The van der Waals surface area contributed by atoms with Crippen LogP contribution < -0.4 is 11.1 Å². The first-order valence-corrected chi connectivity index (χ1v) is 6.11. The van der Waals surface area contributed by atoms with Crippen LogP contribution in [0.1, 0.15) is 15.9 Å². The summed E-state index contributed by atoms with van der Waals surface area (Å²) in [4.78, 5) is 11.1. The van der Waals surface area contributed by atoms with Gasteiger partial charge in [0.05, 0.1) is 5.56 Å². The minimum Gasteiger partial charge on any atom is -0.478 e. The number of nitrogens with one attached hydrogen (secondary N) is 1.